The van der Waals surface area contributed by atoms with Crippen molar-refractivity contribution in [2.45, 2.75) is 27.3 Å². The Hall–Kier alpha value is -3.28. The van der Waals surface area contributed by atoms with Crippen LogP contribution in [0, 0.1) is 13.8 Å². The van der Waals surface area contributed by atoms with Crippen molar-refractivity contribution in [2.75, 3.05) is 31.0 Å². The van der Waals surface area contributed by atoms with Gasteiger partial charge in [-0.05, 0) is 56.2 Å². The van der Waals surface area contributed by atoms with Crippen molar-refractivity contribution >= 4 is 17.3 Å². The predicted octanol–water partition coefficient (Wildman–Crippen LogP) is 4.88. The van der Waals surface area contributed by atoms with Crippen LogP contribution in [0.15, 0.2) is 48.5 Å². The van der Waals surface area contributed by atoms with Crippen LogP contribution in [-0.4, -0.2) is 30.7 Å². The maximum absolute atomic E-state index is 5.39. The third-order valence-electron chi connectivity index (χ3n) is 4.65. The number of methoxy groups -OCH3 is 2. The second kappa shape index (κ2) is 9.28. The highest BCUT2D eigenvalue weighted by Crippen LogP contribution is 2.29. The molecule has 0 radical (unpaired) electrons. The number of ether oxygens (including phenoxy) is 2. The molecule has 0 saturated heterocycles. The lowest BCUT2D eigenvalue weighted by Crippen LogP contribution is -2.18. The number of nitrogens with one attached hydrogen (secondary N) is 1. The number of anilines is 3. The highest BCUT2D eigenvalue weighted by atomic mass is 16.5. The summed E-state index contributed by atoms with van der Waals surface area (Å²) in [5, 5.41) is 3.40. The van der Waals surface area contributed by atoms with Crippen LogP contribution < -0.4 is 19.7 Å². The van der Waals surface area contributed by atoms with Crippen molar-refractivity contribution in [3.8, 4) is 11.5 Å². The molecule has 0 aliphatic carbocycles. The maximum Gasteiger partial charge on any atom is 0.161 e. The summed E-state index contributed by atoms with van der Waals surface area (Å²) in [5.74, 6) is 3.81. The van der Waals surface area contributed by atoms with Gasteiger partial charge in [0.2, 0.25) is 0 Å². The van der Waals surface area contributed by atoms with Crippen molar-refractivity contribution in [1.29, 1.82) is 0 Å². The largest absolute Gasteiger partial charge is 0.493 e. The summed E-state index contributed by atoms with van der Waals surface area (Å²) in [7, 11) is 3.27. The van der Waals surface area contributed by atoms with Crippen LogP contribution >= 0.6 is 0 Å². The minimum atomic E-state index is 0.618. The zero-order valence-electron chi connectivity index (χ0n) is 17.7. The lowest BCUT2D eigenvalue weighted by atomic mass is 10.2. The van der Waals surface area contributed by atoms with Gasteiger partial charge in [0, 0.05) is 24.8 Å². The number of hydrogen-bond acceptors (Lipinski definition) is 6. The molecule has 6 heteroatoms. The van der Waals surface area contributed by atoms with E-state index >= 15 is 0 Å². The van der Waals surface area contributed by atoms with E-state index in [0.29, 0.717) is 18.0 Å². The van der Waals surface area contributed by atoms with E-state index in [1.165, 1.54) is 5.56 Å². The van der Waals surface area contributed by atoms with Crippen LogP contribution in [0.3, 0.4) is 0 Å². The molecule has 3 rings (SSSR count). The molecule has 152 valence electrons. The Morgan fingerprint density at radius 1 is 0.931 bits per heavy atom. The lowest BCUT2D eigenvalue weighted by Gasteiger charge is -2.23. The van der Waals surface area contributed by atoms with E-state index < -0.39 is 0 Å². The van der Waals surface area contributed by atoms with Gasteiger partial charge in [-0.3, -0.25) is 0 Å². The molecule has 29 heavy (non-hydrogen) atoms. The molecule has 3 aromatic rings. The quantitative estimate of drug-likeness (QED) is 0.589. The molecule has 6 nitrogen and oxygen atoms in total. The molecular weight excluding hydrogens is 364 g/mol. The summed E-state index contributed by atoms with van der Waals surface area (Å²) < 4.78 is 10.7. The average molecular weight is 393 g/mol. The van der Waals surface area contributed by atoms with Gasteiger partial charge in [0.15, 0.2) is 11.5 Å². The molecule has 0 amide bonds. The Morgan fingerprint density at radius 2 is 1.72 bits per heavy atom. The van der Waals surface area contributed by atoms with Gasteiger partial charge in [-0.1, -0.05) is 18.2 Å². The number of hydrogen-bond donors (Lipinski definition) is 1. The van der Waals surface area contributed by atoms with Gasteiger partial charge >= 0.3 is 0 Å². The molecule has 0 atom stereocenters. The molecule has 1 aromatic heterocycles. The standard InChI is InChI=1S/C23H28N4O2/c1-6-27(19-9-7-8-16(2)12-19)23-14-22(25-17(3)26-23)24-15-18-10-11-20(28-4)21(13-18)29-5/h7-14H,6,15H2,1-5H3,(H,24,25,26). The highest BCUT2D eigenvalue weighted by molar-refractivity contribution is 5.63. The van der Waals surface area contributed by atoms with E-state index in [0.717, 1.165) is 35.3 Å². The predicted molar refractivity (Wildman–Crippen MR) is 118 cm³/mol. The van der Waals surface area contributed by atoms with Crippen molar-refractivity contribution < 1.29 is 9.47 Å². The van der Waals surface area contributed by atoms with E-state index in [1.807, 2.05) is 31.2 Å². The van der Waals surface area contributed by atoms with Gasteiger partial charge in [0.05, 0.1) is 14.2 Å². The summed E-state index contributed by atoms with van der Waals surface area (Å²) in [6.07, 6.45) is 0. The molecule has 0 bridgehead atoms. The normalized spacial score (nSPS) is 10.5. The topological polar surface area (TPSA) is 59.5 Å². The summed E-state index contributed by atoms with van der Waals surface area (Å²) >= 11 is 0. The van der Waals surface area contributed by atoms with E-state index in [4.69, 9.17) is 9.47 Å². The zero-order chi connectivity index (χ0) is 20.8. The van der Waals surface area contributed by atoms with E-state index in [1.54, 1.807) is 14.2 Å². The summed E-state index contributed by atoms with van der Waals surface area (Å²) in [4.78, 5) is 11.4. The Labute approximate surface area is 172 Å². The van der Waals surface area contributed by atoms with Gasteiger partial charge in [0.25, 0.3) is 0 Å². The first-order valence-corrected chi connectivity index (χ1v) is 9.68. The Morgan fingerprint density at radius 3 is 2.41 bits per heavy atom. The Bertz CT molecular complexity index is 975. The summed E-state index contributed by atoms with van der Waals surface area (Å²) in [6, 6.07) is 16.3. The van der Waals surface area contributed by atoms with Gasteiger partial charge in [0.1, 0.15) is 17.5 Å². The number of rotatable bonds is 8. The fraction of sp³-hybridized carbons (Fsp3) is 0.304. The number of aryl methyl sites for hydroxylation is 2. The minimum absolute atomic E-state index is 0.618. The second-order valence-electron chi connectivity index (χ2n) is 6.78. The van der Waals surface area contributed by atoms with Crippen molar-refractivity contribution in [3.05, 3.63) is 65.5 Å². The average Bonchev–Trinajstić information content (AvgIpc) is 2.72. The summed E-state index contributed by atoms with van der Waals surface area (Å²) in [5.41, 5.74) is 3.42. The molecule has 1 heterocycles. The van der Waals surface area contributed by atoms with Crippen LogP contribution in [0.2, 0.25) is 0 Å². The van der Waals surface area contributed by atoms with Crippen LogP contribution in [0.5, 0.6) is 11.5 Å². The number of benzene rings is 2. The molecule has 0 saturated carbocycles. The molecule has 0 aliphatic rings. The first-order chi connectivity index (χ1) is 14.0. The van der Waals surface area contributed by atoms with Gasteiger partial charge in [-0.15, -0.1) is 0 Å². The van der Waals surface area contributed by atoms with Crippen LogP contribution in [-0.2, 0) is 6.54 Å². The Kier molecular flexibility index (Phi) is 6.54. The smallest absolute Gasteiger partial charge is 0.161 e. The van der Waals surface area contributed by atoms with Gasteiger partial charge < -0.3 is 19.7 Å². The van der Waals surface area contributed by atoms with Crippen LogP contribution in [0.4, 0.5) is 17.3 Å². The molecular formula is C23H28N4O2. The van der Waals surface area contributed by atoms with E-state index in [2.05, 4.69) is 58.3 Å². The molecule has 1 N–H and O–H groups in total. The molecule has 0 aliphatic heterocycles. The van der Waals surface area contributed by atoms with E-state index in [-0.39, 0.29) is 0 Å². The van der Waals surface area contributed by atoms with E-state index in [9.17, 15) is 0 Å². The first-order valence-electron chi connectivity index (χ1n) is 9.68. The zero-order valence-corrected chi connectivity index (χ0v) is 17.7. The van der Waals surface area contributed by atoms with Gasteiger partial charge in [-0.2, -0.15) is 0 Å². The Balaban J connectivity index is 1.82. The molecule has 2 aromatic carbocycles. The third-order valence-corrected chi connectivity index (χ3v) is 4.65. The molecule has 0 spiro atoms. The highest BCUT2D eigenvalue weighted by Gasteiger charge is 2.12. The van der Waals surface area contributed by atoms with Crippen molar-refractivity contribution in [2.24, 2.45) is 0 Å². The van der Waals surface area contributed by atoms with Crippen molar-refractivity contribution in [3.63, 3.8) is 0 Å². The lowest BCUT2D eigenvalue weighted by molar-refractivity contribution is 0.354. The third kappa shape index (κ3) is 4.96. The minimum Gasteiger partial charge on any atom is -0.493 e. The number of nitrogens with zero attached hydrogens (tertiary/aromatic N) is 3. The van der Waals surface area contributed by atoms with Crippen molar-refractivity contribution in [1.82, 2.24) is 9.97 Å². The van der Waals surface area contributed by atoms with Crippen LogP contribution in [0.1, 0.15) is 23.9 Å². The number of aromatic nitrogens is 2. The molecule has 0 unspecified atom stereocenters. The SMILES string of the molecule is CCN(c1cccc(C)c1)c1cc(NCc2ccc(OC)c(OC)c2)nc(C)n1. The first kappa shape index (κ1) is 20.5. The molecule has 0 fully saturated rings. The fourth-order valence-corrected chi connectivity index (χ4v) is 3.24. The summed E-state index contributed by atoms with van der Waals surface area (Å²) in [6.45, 7) is 7.56. The monoisotopic (exact) mass is 392 g/mol. The van der Waals surface area contributed by atoms with Crippen LogP contribution in [0.25, 0.3) is 0 Å². The fourth-order valence-electron chi connectivity index (χ4n) is 3.24. The second-order valence-corrected chi connectivity index (χ2v) is 6.78. The van der Waals surface area contributed by atoms with Gasteiger partial charge in [-0.25, -0.2) is 9.97 Å². The maximum atomic E-state index is 5.39.